The Balaban J connectivity index is 2.19. The molecule has 2 amide bonds. The molecule has 0 radical (unpaired) electrons. The number of halogens is 1. The van der Waals surface area contributed by atoms with Gasteiger partial charge in [0.2, 0.25) is 0 Å². The average Bonchev–Trinajstić information content (AvgIpc) is 2.68. The Morgan fingerprint density at radius 2 is 2.10 bits per heavy atom. The van der Waals surface area contributed by atoms with Crippen LogP contribution in [0.15, 0.2) is 22.7 Å². The summed E-state index contributed by atoms with van der Waals surface area (Å²) in [6, 6.07) is 4.64. The predicted octanol–water partition coefficient (Wildman–Crippen LogP) is 3.41. The fourth-order valence-corrected chi connectivity index (χ4v) is 2.94. The van der Waals surface area contributed by atoms with Crippen LogP contribution in [0.4, 0.5) is 10.5 Å². The highest BCUT2D eigenvalue weighted by molar-refractivity contribution is 9.10. The smallest absolute Gasteiger partial charge is 0.337 e. The minimum atomic E-state index is -1.06. The largest absolute Gasteiger partial charge is 0.478 e. The first kappa shape index (κ1) is 14.8. The van der Waals surface area contributed by atoms with Crippen LogP contribution in [0, 0.1) is 5.92 Å². The Morgan fingerprint density at radius 1 is 1.40 bits per heavy atom. The molecule has 1 fully saturated rings. The number of nitrogens with one attached hydrogen (secondary N) is 1. The van der Waals surface area contributed by atoms with Crippen molar-refractivity contribution in [2.24, 2.45) is 5.92 Å². The number of rotatable bonds is 2. The standard InChI is InChI=1S/C14H17BrN2O3/c1-8-5-9(2)17(7-8)14(20)16-12-6-10(15)3-4-11(12)13(18)19/h3-4,6,8-9H,5,7H2,1-2H3,(H,16,20)(H,18,19). The number of anilines is 1. The molecule has 1 saturated heterocycles. The molecule has 2 rings (SSSR count). The van der Waals surface area contributed by atoms with Crippen molar-refractivity contribution in [2.75, 3.05) is 11.9 Å². The second-order valence-electron chi connectivity index (χ2n) is 5.27. The van der Waals surface area contributed by atoms with E-state index in [9.17, 15) is 9.59 Å². The monoisotopic (exact) mass is 340 g/mol. The first-order valence-electron chi connectivity index (χ1n) is 6.49. The summed E-state index contributed by atoms with van der Waals surface area (Å²) in [7, 11) is 0. The Morgan fingerprint density at radius 3 is 2.65 bits per heavy atom. The number of aromatic carboxylic acids is 1. The van der Waals surface area contributed by atoms with E-state index in [1.54, 1.807) is 17.0 Å². The first-order valence-corrected chi connectivity index (χ1v) is 7.28. The van der Waals surface area contributed by atoms with E-state index in [0.717, 1.165) is 10.9 Å². The van der Waals surface area contributed by atoms with Crippen LogP contribution < -0.4 is 5.32 Å². The van der Waals surface area contributed by atoms with Gasteiger partial charge in [-0.2, -0.15) is 0 Å². The summed E-state index contributed by atoms with van der Waals surface area (Å²) < 4.78 is 0.723. The van der Waals surface area contributed by atoms with Gasteiger partial charge in [-0.1, -0.05) is 22.9 Å². The van der Waals surface area contributed by atoms with Crippen LogP contribution in [0.1, 0.15) is 30.6 Å². The minimum Gasteiger partial charge on any atom is -0.478 e. The molecular weight excluding hydrogens is 324 g/mol. The quantitative estimate of drug-likeness (QED) is 0.866. The van der Waals surface area contributed by atoms with Crippen molar-refractivity contribution in [1.82, 2.24) is 4.90 Å². The zero-order valence-electron chi connectivity index (χ0n) is 11.4. The molecule has 1 aliphatic heterocycles. The summed E-state index contributed by atoms with van der Waals surface area (Å²) in [5.41, 5.74) is 0.394. The topological polar surface area (TPSA) is 69.6 Å². The predicted molar refractivity (Wildman–Crippen MR) is 80.1 cm³/mol. The molecule has 0 aromatic heterocycles. The van der Waals surface area contributed by atoms with Gasteiger partial charge in [-0.3, -0.25) is 0 Å². The highest BCUT2D eigenvalue weighted by Gasteiger charge is 2.30. The number of hydrogen-bond acceptors (Lipinski definition) is 2. The number of amides is 2. The molecule has 0 bridgehead atoms. The van der Waals surface area contributed by atoms with Crippen LogP contribution in [-0.4, -0.2) is 34.6 Å². The van der Waals surface area contributed by atoms with Crippen LogP contribution in [0.25, 0.3) is 0 Å². The summed E-state index contributed by atoms with van der Waals surface area (Å²) in [6.45, 7) is 4.80. The average molecular weight is 341 g/mol. The summed E-state index contributed by atoms with van der Waals surface area (Å²) >= 11 is 3.28. The third-order valence-corrected chi connectivity index (χ3v) is 3.99. The molecule has 0 saturated carbocycles. The Bertz CT molecular complexity index is 547. The van der Waals surface area contributed by atoms with Gasteiger partial charge >= 0.3 is 12.0 Å². The van der Waals surface area contributed by atoms with Crippen molar-refractivity contribution in [3.8, 4) is 0 Å². The number of carboxylic acid groups (broad SMARTS) is 1. The minimum absolute atomic E-state index is 0.0847. The van der Waals surface area contributed by atoms with Crippen molar-refractivity contribution >= 4 is 33.6 Å². The summed E-state index contributed by atoms with van der Waals surface area (Å²) in [4.78, 5) is 25.2. The van der Waals surface area contributed by atoms with E-state index in [2.05, 4.69) is 28.2 Å². The number of carboxylic acids is 1. The van der Waals surface area contributed by atoms with E-state index in [1.807, 2.05) is 6.92 Å². The van der Waals surface area contributed by atoms with E-state index >= 15 is 0 Å². The van der Waals surface area contributed by atoms with Crippen molar-refractivity contribution in [1.29, 1.82) is 0 Å². The van der Waals surface area contributed by atoms with E-state index in [-0.39, 0.29) is 17.6 Å². The Hall–Kier alpha value is -1.56. The third kappa shape index (κ3) is 3.12. The molecule has 1 heterocycles. The number of benzene rings is 1. The van der Waals surface area contributed by atoms with E-state index in [1.165, 1.54) is 6.07 Å². The van der Waals surface area contributed by atoms with Gasteiger partial charge in [0.1, 0.15) is 0 Å². The van der Waals surface area contributed by atoms with E-state index < -0.39 is 5.97 Å². The lowest BCUT2D eigenvalue weighted by atomic mass is 10.1. The summed E-state index contributed by atoms with van der Waals surface area (Å²) in [6.07, 6.45) is 0.970. The van der Waals surface area contributed by atoms with E-state index in [0.29, 0.717) is 18.2 Å². The molecule has 2 N–H and O–H groups in total. The molecule has 0 spiro atoms. The van der Waals surface area contributed by atoms with Crippen molar-refractivity contribution < 1.29 is 14.7 Å². The normalized spacial score (nSPS) is 21.9. The zero-order chi connectivity index (χ0) is 14.9. The molecule has 1 aromatic rings. The van der Waals surface area contributed by atoms with Crippen LogP contribution >= 0.6 is 15.9 Å². The third-order valence-electron chi connectivity index (χ3n) is 3.50. The van der Waals surface area contributed by atoms with Crippen LogP contribution in [0.5, 0.6) is 0 Å². The van der Waals surface area contributed by atoms with E-state index in [4.69, 9.17) is 5.11 Å². The SMILES string of the molecule is CC1CC(C)N(C(=O)Nc2cc(Br)ccc2C(=O)O)C1. The maximum Gasteiger partial charge on any atom is 0.337 e. The fraction of sp³-hybridized carbons (Fsp3) is 0.429. The second-order valence-corrected chi connectivity index (χ2v) is 6.18. The fourth-order valence-electron chi connectivity index (χ4n) is 2.58. The molecular formula is C14H17BrN2O3. The Labute approximate surface area is 126 Å². The summed E-state index contributed by atoms with van der Waals surface area (Å²) in [5.74, 6) is -0.590. The number of likely N-dealkylation sites (tertiary alicyclic amines) is 1. The lowest BCUT2D eigenvalue weighted by Gasteiger charge is -2.22. The first-order chi connectivity index (χ1) is 9.38. The van der Waals surface area contributed by atoms with Crippen LogP contribution in [-0.2, 0) is 0 Å². The lowest BCUT2D eigenvalue weighted by molar-refractivity contribution is 0.0698. The molecule has 108 valence electrons. The maximum atomic E-state index is 12.3. The number of carbonyl (C=O) groups is 2. The summed E-state index contributed by atoms with van der Waals surface area (Å²) in [5, 5.41) is 11.9. The number of hydrogen-bond donors (Lipinski definition) is 2. The number of urea groups is 1. The van der Waals surface area contributed by atoms with Crippen molar-refractivity contribution in [3.63, 3.8) is 0 Å². The van der Waals surface area contributed by atoms with Gasteiger partial charge < -0.3 is 15.3 Å². The van der Waals surface area contributed by atoms with Gasteiger partial charge in [-0.15, -0.1) is 0 Å². The maximum absolute atomic E-state index is 12.3. The second kappa shape index (κ2) is 5.83. The lowest BCUT2D eigenvalue weighted by Crippen LogP contribution is -2.37. The van der Waals surface area contributed by atoms with Crippen LogP contribution in [0.3, 0.4) is 0 Å². The number of nitrogens with zero attached hydrogens (tertiary/aromatic N) is 1. The van der Waals surface area contributed by atoms with Crippen LogP contribution in [0.2, 0.25) is 0 Å². The molecule has 6 heteroatoms. The molecule has 20 heavy (non-hydrogen) atoms. The zero-order valence-corrected chi connectivity index (χ0v) is 13.0. The molecule has 1 aliphatic rings. The van der Waals surface area contributed by atoms with Gasteiger partial charge in [-0.05, 0) is 37.5 Å². The highest BCUT2D eigenvalue weighted by atomic mass is 79.9. The van der Waals surface area contributed by atoms with Gasteiger partial charge in [0, 0.05) is 17.1 Å². The van der Waals surface area contributed by atoms with Crippen molar-refractivity contribution in [3.05, 3.63) is 28.2 Å². The van der Waals surface area contributed by atoms with Gasteiger partial charge in [-0.25, -0.2) is 9.59 Å². The van der Waals surface area contributed by atoms with Gasteiger partial charge in [0.15, 0.2) is 0 Å². The van der Waals surface area contributed by atoms with Gasteiger partial charge in [0.05, 0.1) is 11.3 Å². The Kier molecular flexibility index (Phi) is 4.32. The molecule has 0 aliphatic carbocycles. The van der Waals surface area contributed by atoms with Gasteiger partial charge in [0.25, 0.3) is 0 Å². The molecule has 2 unspecified atom stereocenters. The highest BCUT2D eigenvalue weighted by Crippen LogP contribution is 2.25. The van der Waals surface area contributed by atoms with Crippen molar-refractivity contribution in [2.45, 2.75) is 26.3 Å². The molecule has 5 nitrogen and oxygen atoms in total. The number of carbonyl (C=O) groups excluding carboxylic acids is 1. The molecule has 2 atom stereocenters. The molecule has 1 aromatic carbocycles.